The Hall–Kier alpha value is -0.810. The molecule has 0 spiro atoms. The molecule has 0 unspecified atom stereocenters. The van der Waals surface area contributed by atoms with Crippen LogP contribution in [0.2, 0.25) is 0 Å². The molecule has 0 aliphatic rings. The molecule has 0 saturated heterocycles. The summed E-state index contributed by atoms with van der Waals surface area (Å²) in [6.45, 7) is 0. The van der Waals surface area contributed by atoms with Crippen LogP contribution in [0.15, 0.2) is 26.8 Å². The molecule has 0 heterocycles. The zero-order valence-corrected chi connectivity index (χ0v) is 10.1. The quantitative estimate of drug-likeness (QED) is 0.342. The largest absolute Gasteiger partial charge is 0.398 e. The summed E-state index contributed by atoms with van der Waals surface area (Å²) >= 11 is 3.67. The van der Waals surface area contributed by atoms with Gasteiger partial charge in [0.05, 0.1) is 5.69 Å². The molecule has 7 nitrogen and oxygen atoms in total. The van der Waals surface area contributed by atoms with Gasteiger partial charge < -0.3 is 5.73 Å². The van der Waals surface area contributed by atoms with Gasteiger partial charge in [-0.25, -0.2) is 0 Å². The van der Waals surface area contributed by atoms with Gasteiger partial charge in [0.15, 0.2) is 0 Å². The first-order valence-electron chi connectivity index (χ1n) is 3.61. The molecule has 90 valence electrons. The SMILES string of the molecule is Nc1cc(S(=O)(=O)O)c(S)cc1S(=O)(=O)O. The van der Waals surface area contributed by atoms with Gasteiger partial charge in [0.2, 0.25) is 0 Å². The van der Waals surface area contributed by atoms with Crippen molar-refractivity contribution < 1.29 is 25.9 Å². The van der Waals surface area contributed by atoms with Crippen molar-refractivity contribution in [2.24, 2.45) is 0 Å². The standard InChI is InChI=1S/C6H7NO6S3/c7-3-1-6(16(11,12)13)4(14)2-5(3)15(8,9)10/h1-2,14H,7H2,(H,8,9,10)(H,11,12,13). The summed E-state index contributed by atoms with van der Waals surface area (Å²) in [7, 11) is -9.12. The van der Waals surface area contributed by atoms with E-state index in [-0.39, 0.29) is 4.90 Å². The van der Waals surface area contributed by atoms with Crippen LogP contribution in [0.3, 0.4) is 0 Å². The van der Waals surface area contributed by atoms with Gasteiger partial charge in [0, 0.05) is 4.90 Å². The molecule has 1 aromatic carbocycles. The highest BCUT2D eigenvalue weighted by Gasteiger charge is 2.21. The maximum absolute atomic E-state index is 10.8. The van der Waals surface area contributed by atoms with Crippen LogP contribution in [0.5, 0.6) is 0 Å². The van der Waals surface area contributed by atoms with Gasteiger partial charge in [-0.1, -0.05) is 0 Å². The Morgan fingerprint density at radius 2 is 1.44 bits per heavy atom. The van der Waals surface area contributed by atoms with Gasteiger partial charge in [-0.05, 0) is 12.1 Å². The lowest BCUT2D eigenvalue weighted by molar-refractivity contribution is 0.477. The lowest BCUT2D eigenvalue weighted by Crippen LogP contribution is -2.07. The minimum absolute atomic E-state index is 0.343. The molecule has 0 aliphatic heterocycles. The van der Waals surface area contributed by atoms with E-state index < -0.39 is 35.7 Å². The Morgan fingerprint density at radius 3 is 1.81 bits per heavy atom. The van der Waals surface area contributed by atoms with Crippen LogP contribution in [0, 0.1) is 0 Å². The Labute approximate surface area is 97.2 Å². The fourth-order valence-corrected chi connectivity index (χ4v) is 2.84. The fourth-order valence-electron chi connectivity index (χ4n) is 0.995. The van der Waals surface area contributed by atoms with E-state index in [1.807, 2.05) is 0 Å². The highest BCUT2D eigenvalue weighted by molar-refractivity contribution is 7.87. The number of nitrogens with two attached hydrogens (primary N) is 1. The number of thiol groups is 1. The first kappa shape index (κ1) is 13.3. The van der Waals surface area contributed by atoms with E-state index in [4.69, 9.17) is 14.8 Å². The summed E-state index contributed by atoms with van der Waals surface area (Å²) < 4.78 is 60.7. The molecule has 10 heteroatoms. The number of anilines is 1. The lowest BCUT2D eigenvalue weighted by atomic mass is 10.3. The topological polar surface area (TPSA) is 135 Å². The predicted molar refractivity (Wildman–Crippen MR) is 57.7 cm³/mol. The maximum atomic E-state index is 10.8. The van der Waals surface area contributed by atoms with E-state index in [1.165, 1.54) is 0 Å². The minimum Gasteiger partial charge on any atom is -0.398 e. The third kappa shape index (κ3) is 2.65. The smallest absolute Gasteiger partial charge is 0.296 e. The second-order valence-corrected chi connectivity index (χ2v) is 6.07. The van der Waals surface area contributed by atoms with E-state index in [0.717, 1.165) is 6.07 Å². The monoisotopic (exact) mass is 285 g/mol. The highest BCUT2D eigenvalue weighted by atomic mass is 32.2. The summed E-state index contributed by atoms with van der Waals surface area (Å²) in [6.07, 6.45) is 0. The minimum atomic E-state index is -4.57. The van der Waals surface area contributed by atoms with Crippen LogP contribution in [-0.4, -0.2) is 25.9 Å². The summed E-state index contributed by atoms with van der Waals surface area (Å²) in [5, 5.41) is 0. The maximum Gasteiger partial charge on any atom is 0.296 e. The molecule has 16 heavy (non-hydrogen) atoms. The molecule has 0 amide bonds. The van der Waals surface area contributed by atoms with Gasteiger partial charge in [-0.15, -0.1) is 12.6 Å². The number of hydrogen-bond acceptors (Lipinski definition) is 6. The first-order chi connectivity index (χ1) is 7.03. The number of hydrogen-bond donors (Lipinski definition) is 4. The highest BCUT2D eigenvalue weighted by Crippen LogP contribution is 2.28. The molecular formula is C6H7NO6S3. The third-order valence-electron chi connectivity index (χ3n) is 1.65. The summed E-state index contributed by atoms with van der Waals surface area (Å²) in [5.74, 6) is 0. The Bertz CT molecular complexity index is 575. The Morgan fingerprint density at radius 1 is 1.00 bits per heavy atom. The summed E-state index contributed by atoms with van der Waals surface area (Å²) in [4.78, 5) is -1.66. The Balaban J connectivity index is 3.65. The van der Waals surface area contributed by atoms with Crippen molar-refractivity contribution in [3.63, 3.8) is 0 Å². The van der Waals surface area contributed by atoms with Crippen molar-refractivity contribution in [2.75, 3.05) is 5.73 Å². The van der Waals surface area contributed by atoms with Crippen molar-refractivity contribution in [3.05, 3.63) is 12.1 Å². The average Bonchev–Trinajstić information content (AvgIpc) is 2.04. The average molecular weight is 285 g/mol. The van der Waals surface area contributed by atoms with E-state index in [2.05, 4.69) is 12.6 Å². The summed E-state index contributed by atoms with van der Waals surface area (Å²) in [5.41, 5.74) is 4.72. The molecule has 0 radical (unpaired) electrons. The molecular weight excluding hydrogens is 278 g/mol. The van der Waals surface area contributed by atoms with E-state index >= 15 is 0 Å². The fraction of sp³-hybridized carbons (Fsp3) is 0. The van der Waals surface area contributed by atoms with Crippen molar-refractivity contribution in [3.8, 4) is 0 Å². The van der Waals surface area contributed by atoms with Crippen LogP contribution in [-0.2, 0) is 20.2 Å². The van der Waals surface area contributed by atoms with Crippen LogP contribution in [0.4, 0.5) is 5.69 Å². The first-order valence-corrected chi connectivity index (χ1v) is 6.93. The van der Waals surface area contributed by atoms with Crippen molar-refractivity contribution in [2.45, 2.75) is 14.7 Å². The van der Waals surface area contributed by atoms with E-state index in [9.17, 15) is 16.8 Å². The van der Waals surface area contributed by atoms with E-state index in [1.54, 1.807) is 0 Å². The predicted octanol–water partition coefficient (Wildman–Crippen LogP) is 0.0509. The molecule has 1 rings (SSSR count). The molecule has 0 saturated carbocycles. The number of nitrogen functional groups attached to an aromatic ring is 1. The van der Waals surface area contributed by atoms with Crippen LogP contribution in [0.1, 0.15) is 0 Å². The number of benzene rings is 1. The lowest BCUT2D eigenvalue weighted by Gasteiger charge is -2.07. The molecule has 0 fully saturated rings. The molecule has 0 bridgehead atoms. The van der Waals surface area contributed by atoms with E-state index in [0.29, 0.717) is 6.07 Å². The van der Waals surface area contributed by atoms with Crippen LogP contribution >= 0.6 is 12.6 Å². The Kier molecular flexibility index (Phi) is 3.22. The van der Waals surface area contributed by atoms with Crippen molar-refractivity contribution in [1.29, 1.82) is 0 Å². The second kappa shape index (κ2) is 3.89. The molecule has 0 atom stereocenters. The second-order valence-electron chi connectivity index (χ2n) is 2.81. The molecule has 4 N–H and O–H groups in total. The van der Waals surface area contributed by atoms with Crippen LogP contribution < -0.4 is 5.73 Å². The normalized spacial score (nSPS) is 12.7. The van der Waals surface area contributed by atoms with Gasteiger partial charge in [-0.3, -0.25) is 9.11 Å². The van der Waals surface area contributed by atoms with Gasteiger partial charge in [0.1, 0.15) is 9.79 Å². The number of rotatable bonds is 2. The van der Waals surface area contributed by atoms with Gasteiger partial charge in [-0.2, -0.15) is 16.8 Å². The molecule has 0 aromatic heterocycles. The van der Waals surface area contributed by atoms with Crippen molar-refractivity contribution >= 4 is 38.6 Å². The van der Waals surface area contributed by atoms with Crippen molar-refractivity contribution in [1.82, 2.24) is 0 Å². The zero-order chi connectivity index (χ0) is 12.7. The summed E-state index contributed by atoms with van der Waals surface area (Å²) in [6, 6.07) is 1.43. The van der Waals surface area contributed by atoms with Gasteiger partial charge in [0.25, 0.3) is 20.2 Å². The third-order valence-corrected chi connectivity index (χ3v) is 3.97. The van der Waals surface area contributed by atoms with Gasteiger partial charge >= 0.3 is 0 Å². The van der Waals surface area contributed by atoms with Crippen LogP contribution in [0.25, 0.3) is 0 Å². The molecule has 1 aromatic rings. The molecule has 0 aliphatic carbocycles. The zero-order valence-electron chi connectivity index (χ0n) is 7.52.